The van der Waals surface area contributed by atoms with E-state index < -0.39 is 22.2 Å². The molecular weight excluding hydrogens is 533 g/mol. The molecule has 0 atom stereocenters. The van der Waals surface area contributed by atoms with Crippen LogP contribution in [0.25, 0.3) is 0 Å². The molecule has 0 bridgehead atoms. The third-order valence-corrected chi connectivity index (χ3v) is 6.72. The van der Waals surface area contributed by atoms with Crippen molar-refractivity contribution in [1.82, 2.24) is 0 Å². The highest BCUT2D eigenvalue weighted by atomic mass is 32.2. The van der Waals surface area contributed by atoms with Crippen LogP contribution >= 0.6 is 0 Å². The summed E-state index contributed by atoms with van der Waals surface area (Å²) in [6, 6.07) is 20.8. The number of rotatable bonds is 20. The van der Waals surface area contributed by atoms with Crippen molar-refractivity contribution in [2.75, 3.05) is 39.6 Å². The van der Waals surface area contributed by atoms with Crippen LogP contribution in [-0.4, -0.2) is 58.7 Å². The molecule has 0 fully saturated rings. The Morgan fingerprint density at radius 2 is 1.03 bits per heavy atom. The minimum atomic E-state index is -5.51. The van der Waals surface area contributed by atoms with Gasteiger partial charge in [0.1, 0.15) is 0 Å². The summed E-state index contributed by atoms with van der Waals surface area (Å²) in [4.78, 5) is 0. The first-order valence-corrected chi connectivity index (χ1v) is 15.0. The molecule has 0 aliphatic rings. The standard InChI is InChI=1S/C15H21F3O4S.C14H22O2/c16-15(17,18)23(19,20)22-13-12-21-11-7-2-1-4-8-14-9-5-3-6-10-14;15-11-13-16-12-7-2-1-4-8-14-9-5-3-6-10-14/h3,5-6,9-10H,1-2,4,7-8,11-13H2;3,5-6,9-10,15H,1-2,4,7-8,11-13H2. The average molecular weight is 577 g/mol. The van der Waals surface area contributed by atoms with Gasteiger partial charge in [-0.25, -0.2) is 0 Å². The Morgan fingerprint density at radius 1 is 0.590 bits per heavy atom. The number of hydrogen-bond acceptors (Lipinski definition) is 6. The van der Waals surface area contributed by atoms with E-state index in [0.717, 1.165) is 45.1 Å². The van der Waals surface area contributed by atoms with Crippen LogP contribution in [0.2, 0.25) is 0 Å². The molecule has 222 valence electrons. The number of aryl methyl sites for hydroxylation is 2. The lowest BCUT2D eigenvalue weighted by Gasteiger charge is -2.08. The molecule has 2 aromatic rings. The molecule has 1 N–H and O–H groups in total. The molecule has 39 heavy (non-hydrogen) atoms. The molecule has 0 radical (unpaired) electrons. The van der Waals surface area contributed by atoms with Crippen LogP contribution in [0.4, 0.5) is 13.2 Å². The van der Waals surface area contributed by atoms with Gasteiger partial charge in [-0.2, -0.15) is 21.6 Å². The molecular formula is C29H43F3O6S. The number of ether oxygens (including phenoxy) is 2. The van der Waals surface area contributed by atoms with Crippen LogP contribution in [0.15, 0.2) is 60.7 Å². The first kappa shape index (κ1) is 35.0. The molecule has 0 saturated carbocycles. The van der Waals surface area contributed by atoms with Crippen molar-refractivity contribution >= 4 is 10.1 Å². The highest BCUT2D eigenvalue weighted by Gasteiger charge is 2.47. The zero-order valence-corrected chi connectivity index (χ0v) is 23.4. The van der Waals surface area contributed by atoms with E-state index in [-0.39, 0.29) is 13.2 Å². The van der Waals surface area contributed by atoms with Crippen molar-refractivity contribution in [1.29, 1.82) is 0 Å². The van der Waals surface area contributed by atoms with Gasteiger partial charge in [0.2, 0.25) is 0 Å². The van der Waals surface area contributed by atoms with Crippen molar-refractivity contribution in [3.63, 3.8) is 0 Å². The summed E-state index contributed by atoms with van der Waals surface area (Å²) in [6.07, 6.45) is 10.9. The Hall–Kier alpha value is -1.98. The maximum atomic E-state index is 12.0. The zero-order valence-electron chi connectivity index (χ0n) is 22.6. The van der Waals surface area contributed by atoms with E-state index in [2.05, 4.69) is 46.6 Å². The van der Waals surface area contributed by atoms with Crippen LogP contribution in [0.3, 0.4) is 0 Å². The number of aliphatic hydroxyl groups is 1. The van der Waals surface area contributed by atoms with Gasteiger partial charge in [-0.3, -0.25) is 4.18 Å². The van der Waals surface area contributed by atoms with Crippen molar-refractivity contribution in [3.05, 3.63) is 71.8 Å². The van der Waals surface area contributed by atoms with E-state index in [1.165, 1.54) is 36.8 Å². The molecule has 2 rings (SSSR count). The van der Waals surface area contributed by atoms with Gasteiger partial charge in [0.15, 0.2) is 0 Å². The van der Waals surface area contributed by atoms with E-state index in [1.54, 1.807) is 0 Å². The smallest absolute Gasteiger partial charge is 0.394 e. The molecule has 0 heterocycles. The second-order valence-corrected chi connectivity index (χ2v) is 10.6. The van der Waals surface area contributed by atoms with Crippen LogP contribution in [-0.2, 0) is 36.6 Å². The van der Waals surface area contributed by atoms with Gasteiger partial charge in [0.25, 0.3) is 0 Å². The zero-order chi connectivity index (χ0) is 28.7. The predicted octanol–water partition coefficient (Wildman–Crippen LogP) is 6.47. The number of benzene rings is 2. The van der Waals surface area contributed by atoms with E-state index in [9.17, 15) is 21.6 Å². The number of unbranched alkanes of at least 4 members (excludes halogenated alkanes) is 6. The Morgan fingerprint density at radius 3 is 1.46 bits per heavy atom. The van der Waals surface area contributed by atoms with Gasteiger partial charge in [-0.1, -0.05) is 86.3 Å². The molecule has 0 spiro atoms. The second-order valence-electron chi connectivity index (χ2n) is 8.97. The molecule has 0 aromatic heterocycles. The van der Waals surface area contributed by atoms with Gasteiger partial charge in [0, 0.05) is 13.2 Å². The fraction of sp³-hybridized carbons (Fsp3) is 0.586. The third-order valence-electron chi connectivity index (χ3n) is 5.68. The summed E-state index contributed by atoms with van der Waals surface area (Å²) in [5, 5.41) is 8.51. The van der Waals surface area contributed by atoms with Crippen molar-refractivity contribution in [2.45, 2.75) is 69.7 Å². The summed E-state index contributed by atoms with van der Waals surface area (Å²) < 4.78 is 71.1. The van der Waals surface area contributed by atoms with E-state index in [1.807, 2.05) is 18.2 Å². The van der Waals surface area contributed by atoms with E-state index in [0.29, 0.717) is 13.2 Å². The Kier molecular flexibility index (Phi) is 19.6. The van der Waals surface area contributed by atoms with Gasteiger partial charge in [-0.05, 0) is 49.7 Å². The van der Waals surface area contributed by atoms with Gasteiger partial charge in [-0.15, -0.1) is 0 Å². The summed E-state index contributed by atoms with van der Waals surface area (Å²) in [5.74, 6) is 0. The minimum absolute atomic E-state index is 0.133. The monoisotopic (exact) mass is 576 g/mol. The molecule has 0 unspecified atom stereocenters. The predicted molar refractivity (Wildman–Crippen MR) is 147 cm³/mol. The molecule has 0 saturated heterocycles. The Balaban J connectivity index is 0.000000416. The lowest BCUT2D eigenvalue weighted by molar-refractivity contribution is -0.0555. The van der Waals surface area contributed by atoms with Crippen LogP contribution in [0.1, 0.15) is 62.5 Å². The molecule has 0 amide bonds. The highest BCUT2D eigenvalue weighted by molar-refractivity contribution is 7.87. The van der Waals surface area contributed by atoms with E-state index in [4.69, 9.17) is 14.6 Å². The lowest BCUT2D eigenvalue weighted by Crippen LogP contribution is -2.26. The molecule has 10 heteroatoms. The first-order valence-electron chi connectivity index (χ1n) is 13.6. The van der Waals surface area contributed by atoms with Crippen molar-refractivity contribution in [2.24, 2.45) is 0 Å². The molecule has 6 nitrogen and oxygen atoms in total. The third kappa shape index (κ3) is 18.9. The Labute approximate surface area is 231 Å². The fourth-order valence-corrected chi connectivity index (χ4v) is 4.02. The average Bonchev–Trinajstić information content (AvgIpc) is 2.92. The van der Waals surface area contributed by atoms with E-state index >= 15 is 0 Å². The first-order chi connectivity index (χ1) is 18.8. The summed E-state index contributed by atoms with van der Waals surface area (Å²) >= 11 is 0. The summed E-state index contributed by atoms with van der Waals surface area (Å²) in [7, 11) is -5.51. The Bertz CT molecular complexity index is 925. The normalized spacial score (nSPS) is 11.7. The van der Waals surface area contributed by atoms with Crippen molar-refractivity contribution < 1.29 is 40.4 Å². The minimum Gasteiger partial charge on any atom is -0.394 e. The van der Waals surface area contributed by atoms with Gasteiger partial charge < -0.3 is 14.6 Å². The van der Waals surface area contributed by atoms with Gasteiger partial charge >= 0.3 is 15.6 Å². The number of hydrogen-bond donors (Lipinski definition) is 1. The topological polar surface area (TPSA) is 82.1 Å². The number of alkyl halides is 3. The van der Waals surface area contributed by atoms with Crippen LogP contribution in [0, 0.1) is 0 Å². The molecule has 2 aromatic carbocycles. The maximum absolute atomic E-state index is 12.0. The summed E-state index contributed by atoms with van der Waals surface area (Å²) in [5.41, 5.74) is -2.66. The van der Waals surface area contributed by atoms with Gasteiger partial charge in [0.05, 0.1) is 26.4 Å². The quantitative estimate of drug-likeness (QED) is 0.111. The number of aliphatic hydroxyl groups excluding tert-OH is 1. The fourth-order valence-electron chi connectivity index (χ4n) is 3.60. The van der Waals surface area contributed by atoms with Crippen molar-refractivity contribution in [3.8, 4) is 0 Å². The SMILES string of the molecule is O=S(=O)(OCCOCCCCCCc1ccccc1)C(F)(F)F.OCCOCCCCCCc1ccccc1. The lowest BCUT2D eigenvalue weighted by atomic mass is 10.1. The van der Waals surface area contributed by atoms with Crippen LogP contribution in [0.5, 0.6) is 0 Å². The highest BCUT2D eigenvalue weighted by Crippen LogP contribution is 2.24. The second kappa shape index (κ2) is 21.8. The summed E-state index contributed by atoms with van der Waals surface area (Å²) in [6.45, 7) is 0.958. The largest absolute Gasteiger partial charge is 0.523 e. The molecule has 0 aliphatic carbocycles. The maximum Gasteiger partial charge on any atom is 0.523 e. The number of halogens is 3. The van der Waals surface area contributed by atoms with Crippen LogP contribution < -0.4 is 0 Å². The molecule has 0 aliphatic heterocycles.